The normalized spacial score (nSPS) is 15.2. The van der Waals surface area contributed by atoms with Crippen LogP contribution in [0.15, 0.2) is 58.4 Å². The van der Waals surface area contributed by atoms with Crippen molar-refractivity contribution in [1.82, 2.24) is 0 Å². The molecule has 1 aliphatic heterocycles. The van der Waals surface area contributed by atoms with Gasteiger partial charge in [0.05, 0.1) is 5.69 Å². The number of thiol groups is 1. The van der Waals surface area contributed by atoms with Crippen LogP contribution in [0.2, 0.25) is 0 Å². The zero-order valence-electron chi connectivity index (χ0n) is 11.4. The summed E-state index contributed by atoms with van der Waals surface area (Å²) in [6, 6.07) is 16.5. The van der Waals surface area contributed by atoms with Crippen LogP contribution in [0, 0.1) is 0 Å². The number of hydrogen-bond donors (Lipinski definition) is 1. The zero-order valence-corrected chi connectivity index (χ0v) is 12.3. The Morgan fingerprint density at radius 2 is 1.65 bits per heavy atom. The molecule has 0 aliphatic carbocycles. The van der Waals surface area contributed by atoms with E-state index in [1.807, 2.05) is 30.5 Å². The Kier molecular flexibility index (Phi) is 4.07. The summed E-state index contributed by atoms with van der Waals surface area (Å²) in [7, 11) is 0. The molecular formula is C17H18N2S. The molecule has 1 aliphatic rings. The third-order valence-electron chi connectivity index (χ3n) is 3.60. The van der Waals surface area contributed by atoms with Gasteiger partial charge in [-0.15, -0.1) is 12.6 Å². The van der Waals surface area contributed by atoms with Gasteiger partial charge >= 0.3 is 0 Å². The summed E-state index contributed by atoms with van der Waals surface area (Å²) < 4.78 is 0. The maximum atomic E-state index is 4.49. The van der Waals surface area contributed by atoms with Crippen molar-refractivity contribution < 1.29 is 0 Å². The van der Waals surface area contributed by atoms with E-state index in [0.29, 0.717) is 0 Å². The molecule has 0 amide bonds. The monoisotopic (exact) mass is 282 g/mol. The van der Waals surface area contributed by atoms with Crippen LogP contribution in [0.3, 0.4) is 0 Å². The molecule has 1 saturated heterocycles. The first-order chi connectivity index (χ1) is 9.83. The van der Waals surface area contributed by atoms with E-state index in [1.165, 1.54) is 31.6 Å². The summed E-state index contributed by atoms with van der Waals surface area (Å²) >= 11 is 4.40. The summed E-state index contributed by atoms with van der Waals surface area (Å²) in [6.07, 6.45) is 4.51. The van der Waals surface area contributed by atoms with Crippen LogP contribution >= 0.6 is 12.6 Å². The molecule has 3 heteroatoms. The van der Waals surface area contributed by atoms with Gasteiger partial charge in [0.2, 0.25) is 0 Å². The summed E-state index contributed by atoms with van der Waals surface area (Å²) in [6.45, 7) is 2.36. The van der Waals surface area contributed by atoms with E-state index in [9.17, 15) is 0 Å². The second-order valence-corrected chi connectivity index (χ2v) is 5.51. The van der Waals surface area contributed by atoms with Gasteiger partial charge in [-0.1, -0.05) is 24.3 Å². The van der Waals surface area contributed by atoms with Crippen LogP contribution in [0.1, 0.15) is 18.4 Å². The molecule has 0 atom stereocenters. The molecule has 0 aromatic heterocycles. The van der Waals surface area contributed by atoms with Gasteiger partial charge in [0.1, 0.15) is 0 Å². The molecule has 0 N–H and O–H groups in total. The molecule has 1 heterocycles. The number of hydrogen-bond acceptors (Lipinski definition) is 3. The van der Waals surface area contributed by atoms with Gasteiger partial charge in [-0.2, -0.15) is 0 Å². The molecule has 3 rings (SSSR count). The molecule has 1 fully saturated rings. The minimum absolute atomic E-state index is 0.900. The van der Waals surface area contributed by atoms with E-state index in [2.05, 4.69) is 46.8 Å². The van der Waals surface area contributed by atoms with Crippen molar-refractivity contribution in [1.29, 1.82) is 0 Å². The van der Waals surface area contributed by atoms with Crippen molar-refractivity contribution in [2.45, 2.75) is 17.7 Å². The van der Waals surface area contributed by atoms with Crippen molar-refractivity contribution in [2.75, 3.05) is 18.0 Å². The first-order valence-electron chi connectivity index (χ1n) is 7.00. The van der Waals surface area contributed by atoms with Crippen molar-refractivity contribution in [3.05, 3.63) is 54.1 Å². The number of rotatable bonds is 3. The summed E-state index contributed by atoms with van der Waals surface area (Å²) in [5, 5.41) is 0. The molecule has 0 radical (unpaired) electrons. The Balaban J connectivity index is 1.73. The van der Waals surface area contributed by atoms with E-state index < -0.39 is 0 Å². The van der Waals surface area contributed by atoms with E-state index >= 15 is 0 Å². The molecule has 0 bridgehead atoms. The van der Waals surface area contributed by atoms with Gasteiger partial charge in [-0.3, -0.25) is 4.99 Å². The molecule has 0 spiro atoms. The second-order valence-electron chi connectivity index (χ2n) is 5.03. The highest BCUT2D eigenvalue weighted by Gasteiger charge is 2.11. The average molecular weight is 282 g/mol. The summed E-state index contributed by atoms with van der Waals surface area (Å²) in [5.74, 6) is 0. The van der Waals surface area contributed by atoms with Crippen molar-refractivity contribution >= 4 is 30.2 Å². The molecule has 0 unspecified atom stereocenters. The maximum absolute atomic E-state index is 4.49. The van der Waals surface area contributed by atoms with Gasteiger partial charge in [-0.25, -0.2) is 0 Å². The molecule has 2 aromatic carbocycles. The lowest BCUT2D eigenvalue weighted by atomic mass is 10.2. The van der Waals surface area contributed by atoms with E-state index in [0.717, 1.165) is 16.1 Å². The fourth-order valence-electron chi connectivity index (χ4n) is 2.46. The maximum Gasteiger partial charge on any atom is 0.0763 e. The highest BCUT2D eigenvalue weighted by molar-refractivity contribution is 7.80. The molecule has 20 heavy (non-hydrogen) atoms. The Labute approximate surface area is 125 Å². The Morgan fingerprint density at radius 3 is 2.35 bits per heavy atom. The van der Waals surface area contributed by atoms with E-state index in [1.54, 1.807) is 0 Å². The Bertz CT molecular complexity index is 599. The SMILES string of the molecule is Sc1ccccc1N=Cc1ccc(N2CCCC2)cc1. The lowest BCUT2D eigenvalue weighted by Crippen LogP contribution is -2.17. The molecule has 102 valence electrons. The lowest BCUT2D eigenvalue weighted by Gasteiger charge is -2.17. The lowest BCUT2D eigenvalue weighted by molar-refractivity contribution is 0.949. The Morgan fingerprint density at radius 1 is 0.950 bits per heavy atom. The van der Waals surface area contributed by atoms with Crippen LogP contribution in [0.5, 0.6) is 0 Å². The topological polar surface area (TPSA) is 15.6 Å². The van der Waals surface area contributed by atoms with E-state index in [4.69, 9.17) is 0 Å². The summed E-state index contributed by atoms with van der Waals surface area (Å²) in [5.41, 5.74) is 3.33. The predicted molar refractivity (Wildman–Crippen MR) is 88.8 cm³/mol. The quantitative estimate of drug-likeness (QED) is 0.654. The van der Waals surface area contributed by atoms with Crippen LogP contribution in [-0.2, 0) is 0 Å². The number of para-hydroxylation sites is 1. The summed E-state index contributed by atoms with van der Waals surface area (Å²) in [4.78, 5) is 7.82. The van der Waals surface area contributed by atoms with Gasteiger partial charge in [-0.05, 0) is 42.7 Å². The smallest absolute Gasteiger partial charge is 0.0763 e. The van der Waals surface area contributed by atoms with Crippen LogP contribution < -0.4 is 4.90 Å². The van der Waals surface area contributed by atoms with Crippen LogP contribution in [-0.4, -0.2) is 19.3 Å². The number of nitrogens with zero attached hydrogens (tertiary/aromatic N) is 2. The van der Waals surface area contributed by atoms with Crippen LogP contribution in [0.4, 0.5) is 11.4 Å². The highest BCUT2D eigenvalue weighted by Crippen LogP contribution is 2.23. The van der Waals surface area contributed by atoms with Crippen molar-refractivity contribution in [3.8, 4) is 0 Å². The van der Waals surface area contributed by atoms with Crippen LogP contribution in [0.25, 0.3) is 0 Å². The average Bonchev–Trinajstić information content (AvgIpc) is 3.01. The van der Waals surface area contributed by atoms with Gasteiger partial charge in [0, 0.05) is 29.9 Å². The van der Waals surface area contributed by atoms with Gasteiger partial charge < -0.3 is 4.90 Å². The Hall–Kier alpha value is -1.74. The third kappa shape index (κ3) is 3.05. The highest BCUT2D eigenvalue weighted by atomic mass is 32.1. The van der Waals surface area contributed by atoms with Crippen molar-refractivity contribution in [2.24, 2.45) is 4.99 Å². The molecular weight excluding hydrogens is 264 g/mol. The van der Waals surface area contributed by atoms with E-state index in [-0.39, 0.29) is 0 Å². The fraction of sp³-hybridized carbons (Fsp3) is 0.235. The van der Waals surface area contributed by atoms with Crippen molar-refractivity contribution in [3.63, 3.8) is 0 Å². The van der Waals surface area contributed by atoms with Gasteiger partial charge in [0.15, 0.2) is 0 Å². The number of anilines is 1. The molecule has 0 saturated carbocycles. The second kappa shape index (κ2) is 6.14. The first-order valence-corrected chi connectivity index (χ1v) is 7.45. The number of aliphatic imine (C=N–C) groups is 1. The predicted octanol–water partition coefficient (Wildman–Crippen LogP) is 4.33. The minimum atomic E-state index is 0.900. The molecule has 2 aromatic rings. The standard InChI is InChI=1S/C17H18N2S/c20-17-6-2-1-5-16(17)18-13-14-7-9-15(10-8-14)19-11-3-4-12-19/h1-2,5-10,13,20H,3-4,11-12H2. The fourth-order valence-corrected chi connectivity index (χ4v) is 2.68. The zero-order chi connectivity index (χ0) is 13.8. The molecule has 2 nitrogen and oxygen atoms in total. The first kappa shape index (κ1) is 13.3. The van der Waals surface area contributed by atoms with Gasteiger partial charge in [0.25, 0.3) is 0 Å². The largest absolute Gasteiger partial charge is 0.372 e. The third-order valence-corrected chi connectivity index (χ3v) is 3.98. The minimum Gasteiger partial charge on any atom is -0.372 e. The number of benzene rings is 2.